The molecule has 1 fully saturated rings. The van der Waals surface area contributed by atoms with Crippen LogP contribution in [0.4, 0.5) is 5.82 Å². The molecular formula is C15H23N6O5S+. The lowest BCUT2D eigenvalue weighted by atomic mass is 10.1. The summed E-state index contributed by atoms with van der Waals surface area (Å²) < 4.78 is 7.41. The lowest BCUT2D eigenvalue weighted by molar-refractivity contribution is -0.138. The molecule has 2 aromatic heterocycles. The lowest BCUT2D eigenvalue weighted by Gasteiger charge is -2.16. The Hall–Kier alpha value is -1.99. The first-order valence-electron chi connectivity index (χ1n) is 8.31. The fourth-order valence-electron chi connectivity index (χ4n) is 2.97. The number of aliphatic carboxylic acids is 1. The zero-order valence-corrected chi connectivity index (χ0v) is 15.5. The Labute approximate surface area is 157 Å². The van der Waals surface area contributed by atoms with Gasteiger partial charge < -0.3 is 31.5 Å². The average Bonchev–Trinajstić information content (AvgIpc) is 3.17. The van der Waals surface area contributed by atoms with Crippen molar-refractivity contribution in [2.24, 2.45) is 5.73 Å². The number of carboxylic acid groups (broad SMARTS) is 1. The number of aliphatic hydroxyl groups is 2. The van der Waals surface area contributed by atoms with Gasteiger partial charge in [-0.05, 0) is 10.9 Å². The Morgan fingerprint density at radius 1 is 1.37 bits per heavy atom. The van der Waals surface area contributed by atoms with Crippen molar-refractivity contribution in [3.05, 3.63) is 12.7 Å². The van der Waals surface area contributed by atoms with E-state index in [0.717, 1.165) is 0 Å². The van der Waals surface area contributed by atoms with Crippen LogP contribution in [0.3, 0.4) is 0 Å². The quantitative estimate of drug-likeness (QED) is 0.329. The van der Waals surface area contributed by atoms with Crippen LogP contribution in [0.2, 0.25) is 0 Å². The molecule has 5 unspecified atom stereocenters. The normalized spacial score (nSPS) is 27.7. The SMILES string of the molecule is C[S+](CC[C@H](N)C(=O)O)CC1OC(n2cnc3c(N)ncnc32)C(O)C1O. The minimum Gasteiger partial charge on any atom is -0.480 e. The van der Waals surface area contributed by atoms with Gasteiger partial charge in [0.1, 0.15) is 47.7 Å². The molecule has 1 aliphatic rings. The van der Waals surface area contributed by atoms with E-state index in [-0.39, 0.29) is 16.7 Å². The molecule has 0 aliphatic carbocycles. The Kier molecular flexibility index (Phi) is 5.81. The summed E-state index contributed by atoms with van der Waals surface area (Å²) in [6.45, 7) is 0. The number of aliphatic hydroxyl groups excluding tert-OH is 2. The van der Waals surface area contributed by atoms with E-state index >= 15 is 0 Å². The summed E-state index contributed by atoms with van der Waals surface area (Å²) in [4.78, 5) is 23.0. The van der Waals surface area contributed by atoms with Crippen LogP contribution in [-0.2, 0) is 20.4 Å². The van der Waals surface area contributed by atoms with Gasteiger partial charge in [-0.25, -0.2) is 15.0 Å². The molecule has 0 aromatic carbocycles. The van der Waals surface area contributed by atoms with Crippen LogP contribution >= 0.6 is 0 Å². The predicted octanol–water partition coefficient (Wildman–Crippen LogP) is -1.92. The number of aromatic nitrogens is 4. The van der Waals surface area contributed by atoms with Crippen LogP contribution in [0.5, 0.6) is 0 Å². The van der Waals surface area contributed by atoms with E-state index < -0.39 is 36.6 Å². The molecule has 1 saturated heterocycles. The maximum absolute atomic E-state index is 10.8. The van der Waals surface area contributed by atoms with Gasteiger partial charge in [0.05, 0.1) is 12.6 Å². The average molecular weight is 399 g/mol. The van der Waals surface area contributed by atoms with Crippen LogP contribution in [0.25, 0.3) is 11.2 Å². The first-order chi connectivity index (χ1) is 12.8. The van der Waals surface area contributed by atoms with E-state index in [2.05, 4.69) is 15.0 Å². The molecule has 3 rings (SSSR count). The van der Waals surface area contributed by atoms with Crippen molar-refractivity contribution in [3.63, 3.8) is 0 Å². The number of nitrogens with zero attached hydrogens (tertiary/aromatic N) is 4. The first-order valence-corrected chi connectivity index (χ1v) is 10.3. The topological polar surface area (TPSA) is 183 Å². The molecule has 0 amide bonds. The molecule has 148 valence electrons. The lowest BCUT2D eigenvalue weighted by Crippen LogP contribution is -2.37. The molecule has 11 nitrogen and oxygen atoms in total. The summed E-state index contributed by atoms with van der Waals surface area (Å²) in [5.41, 5.74) is 12.1. The molecule has 1 aliphatic heterocycles. The van der Waals surface area contributed by atoms with Gasteiger partial charge >= 0.3 is 5.97 Å². The zero-order chi connectivity index (χ0) is 19.7. The largest absolute Gasteiger partial charge is 0.480 e. The van der Waals surface area contributed by atoms with Crippen molar-refractivity contribution >= 4 is 33.8 Å². The second-order valence-electron chi connectivity index (χ2n) is 6.51. The maximum Gasteiger partial charge on any atom is 0.320 e. The molecule has 0 radical (unpaired) electrons. The molecule has 0 spiro atoms. The highest BCUT2D eigenvalue weighted by molar-refractivity contribution is 7.96. The van der Waals surface area contributed by atoms with E-state index in [4.69, 9.17) is 21.3 Å². The van der Waals surface area contributed by atoms with Gasteiger partial charge in [-0.1, -0.05) is 0 Å². The van der Waals surface area contributed by atoms with Gasteiger partial charge in [0.25, 0.3) is 0 Å². The minimum absolute atomic E-state index is 0.216. The van der Waals surface area contributed by atoms with Crippen molar-refractivity contribution in [1.29, 1.82) is 0 Å². The molecule has 2 aromatic rings. The van der Waals surface area contributed by atoms with Crippen molar-refractivity contribution in [1.82, 2.24) is 19.5 Å². The Morgan fingerprint density at radius 2 is 2.11 bits per heavy atom. The Bertz CT molecular complexity index is 819. The van der Waals surface area contributed by atoms with E-state index in [1.54, 1.807) is 0 Å². The number of carboxylic acids is 1. The molecule has 7 N–H and O–H groups in total. The van der Waals surface area contributed by atoms with E-state index in [1.165, 1.54) is 17.2 Å². The fourth-order valence-corrected chi connectivity index (χ4v) is 4.63. The molecule has 6 atom stereocenters. The van der Waals surface area contributed by atoms with E-state index in [1.807, 2.05) is 6.26 Å². The highest BCUT2D eigenvalue weighted by Crippen LogP contribution is 2.32. The van der Waals surface area contributed by atoms with E-state index in [9.17, 15) is 15.0 Å². The second kappa shape index (κ2) is 7.94. The molecule has 12 heteroatoms. The number of imidazole rings is 1. The number of hydrogen-bond donors (Lipinski definition) is 5. The zero-order valence-electron chi connectivity index (χ0n) is 14.7. The summed E-state index contributed by atoms with van der Waals surface area (Å²) in [5, 5.41) is 29.7. The van der Waals surface area contributed by atoms with Crippen LogP contribution in [0.1, 0.15) is 12.6 Å². The van der Waals surface area contributed by atoms with Crippen molar-refractivity contribution in [3.8, 4) is 0 Å². The van der Waals surface area contributed by atoms with Gasteiger partial charge in [-0.15, -0.1) is 0 Å². The van der Waals surface area contributed by atoms with Gasteiger partial charge in [0.2, 0.25) is 0 Å². The number of fused-ring (bicyclic) bond motifs is 1. The fraction of sp³-hybridized carbons (Fsp3) is 0.600. The molecular weight excluding hydrogens is 376 g/mol. The number of nitrogens with two attached hydrogens (primary N) is 2. The predicted molar refractivity (Wildman–Crippen MR) is 98.9 cm³/mol. The van der Waals surface area contributed by atoms with Gasteiger partial charge in [-0.3, -0.25) is 9.36 Å². The third-order valence-electron chi connectivity index (χ3n) is 4.54. The standard InChI is InChI=1S/C15H22N6O5S/c1-27(3-2-7(16)15(24)25)4-8-10(22)11(23)14(26-8)21-6-20-9-12(17)18-5-19-13(9)21/h5-8,10-11,14,22-23H,2-4,16H2,1H3,(H2-,17,18,19,24,25)/p+1/t7-,8?,10?,11?,14?,27?/m0/s1. The molecule has 0 bridgehead atoms. The molecule has 3 heterocycles. The summed E-state index contributed by atoms with van der Waals surface area (Å²) in [6, 6.07) is -0.907. The third-order valence-corrected chi connectivity index (χ3v) is 6.37. The summed E-state index contributed by atoms with van der Waals surface area (Å²) in [7, 11) is -0.235. The van der Waals surface area contributed by atoms with Gasteiger partial charge in [0.15, 0.2) is 17.7 Å². The molecule has 0 saturated carbocycles. The summed E-state index contributed by atoms with van der Waals surface area (Å²) >= 11 is 0. The summed E-state index contributed by atoms with van der Waals surface area (Å²) in [5.74, 6) is 0.254. The highest BCUT2D eigenvalue weighted by Gasteiger charge is 2.46. The number of anilines is 1. The third kappa shape index (κ3) is 3.99. The van der Waals surface area contributed by atoms with Gasteiger partial charge in [0, 0.05) is 6.42 Å². The van der Waals surface area contributed by atoms with E-state index in [0.29, 0.717) is 29.1 Å². The Balaban J connectivity index is 1.68. The van der Waals surface area contributed by atoms with Crippen LogP contribution in [0.15, 0.2) is 12.7 Å². The van der Waals surface area contributed by atoms with Crippen LogP contribution in [0, 0.1) is 0 Å². The monoisotopic (exact) mass is 399 g/mol. The number of nitrogen functional groups attached to an aromatic ring is 1. The van der Waals surface area contributed by atoms with Crippen molar-refractivity contribution in [2.75, 3.05) is 23.5 Å². The first kappa shape index (κ1) is 19.8. The van der Waals surface area contributed by atoms with Crippen LogP contribution in [-0.4, -0.2) is 82.9 Å². The molecule has 27 heavy (non-hydrogen) atoms. The Morgan fingerprint density at radius 3 is 2.81 bits per heavy atom. The highest BCUT2D eigenvalue weighted by atomic mass is 32.2. The van der Waals surface area contributed by atoms with Crippen LogP contribution < -0.4 is 11.5 Å². The number of rotatable bonds is 7. The summed E-state index contributed by atoms with van der Waals surface area (Å²) in [6.07, 6.45) is 1.31. The van der Waals surface area contributed by atoms with Crippen molar-refractivity contribution < 1.29 is 24.9 Å². The van der Waals surface area contributed by atoms with Crippen molar-refractivity contribution in [2.45, 2.75) is 37.0 Å². The number of ether oxygens (including phenoxy) is 1. The number of hydrogen-bond acceptors (Lipinski definition) is 9. The smallest absolute Gasteiger partial charge is 0.320 e. The van der Waals surface area contributed by atoms with Gasteiger partial charge in [-0.2, -0.15) is 0 Å². The maximum atomic E-state index is 10.8. The number of carbonyl (C=O) groups is 1. The minimum atomic E-state index is -1.16. The second-order valence-corrected chi connectivity index (χ2v) is 8.82.